The van der Waals surface area contributed by atoms with Crippen LogP contribution in [0.25, 0.3) is 10.8 Å². The van der Waals surface area contributed by atoms with Crippen LogP contribution >= 0.6 is 0 Å². The van der Waals surface area contributed by atoms with Crippen molar-refractivity contribution in [2.24, 2.45) is 5.73 Å². The van der Waals surface area contributed by atoms with Gasteiger partial charge in [-0.1, -0.05) is 49.2 Å². The van der Waals surface area contributed by atoms with E-state index in [9.17, 15) is 0 Å². The average Bonchev–Trinajstić information content (AvgIpc) is 2.47. The van der Waals surface area contributed by atoms with E-state index in [1.165, 1.54) is 42.0 Å². The molecule has 1 aliphatic rings. The summed E-state index contributed by atoms with van der Waals surface area (Å²) in [4.78, 5) is 2.44. The third-order valence-electron chi connectivity index (χ3n) is 4.59. The molecule has 2 aromatic rings. The van der Waals surface area contributed by atoms with Gasteiger partial charge in [0.05, 0.1) is 0 Å². The van der Waals surface area contributed by atoms with Crippen molar-refractivity contribution in [3.8, 4) is 0 Å². The quantitative estimate of drug-likeness (QED) is 0.922. The van der Waals surface area contributed by atoms with Crippen molar-refractivity contribution in [2.75, 3.05) is 7.05 Å². The number of hydrogen-bond donors (Lipinski definition) is 1. The van der Waals surface area contributed by atoms with Crippen LogP contribution in [0.1, 0.15) is 31.2 Å². The van der Waals surface area contributed by atoms with Gasteiger partial charge in [-0.3, -0.25) is 4.90 Å². The lowest BCUT2D eigenvalue weighted by molar-refractivity contribution is 0.162. The van der Waals surface area contributed by atoms with Crippen molar-refractivity contribution >= 4 is 10.8 Å². The highest BCUT2D eigenvalue weighted by Crippen LogP contribution is 2.23. The maximum Gasteiger partial charge on any atom is 0.0247 e. The first-order chi connectivity index (χ1) is 9.74. The largest absolute Gasteiger partial charge is 0.326 e. The molecule has 0 spiro atoms. The molecule has 0 aliphatic heterocycles. The Balaban J connectivity index is 1.74. The second-order valence-electron chi connectivity index (χ2n) is 6.11. The zero-order valence-electron chi connectivity index (χ0n) is 12.3. The molecule has 2 N–H and O–H groups in total. The molecular weight excluding hydrogens is 244 g/mol. The van der Waals surface area contributed by atoms with Crippen LogP contribution in [0.4, 0.5) is 0 Å². The molecule has 1 fully saturated rings. The van der Waals surface area contributed by atoms with Crippen molar-refractivity contribution < 1.29 is 0 Å². The molecule has 0 aromatic heterocycles. The summed E-state index contributed by atoms with van der Waals surface area (Å²) >= 11 is 0. The van der Waals surface area contributed by atoms with Crippen LogP contribution in [0.2, 0.25) is 0 Å². The Morgan fingerprint density at radius 2 is 1.80 bits per heavy atom. The van der Waals surface area contributed by atoms with Crippen molar-refractivity contribution in [1.29, 1.82) is 0 Å². The smallest absolute Gasteiger partial charge is 0.0247 e. The Morgan fingerprint density at radius 3 is 2.60 bits per heavy atom. The van der Waals surface area contributed by atoms with Gasteiger partial charge >= 0.3 is 0 Å². The second-order valence-corrected chi connectivity index (χ2v) is 6.11. The first-order valence-electron chi connectivity index (χ1n) is 7.67. The third kappa shape index (κ3) is 2.87. The number of nitrogens with two attached hydrogens (primary N) is 1. The molecule has 2 atom stereocenters. The molecule has 3 rings (SSSR count). The number of likely N-dealkylation sites (N-methyl/N-ethyl adjacent to an activating group) is 1. The zero-order valence-corrected chi connectivity index (χ0v) is 12.3. The van der Waals surface area contributed by atoms with Crippen molar-refractivity contribution in [2.45, 2.75) is 44.3 Å². The van der Waals surface area contributed by atoms with Crippen molar-refractivity contribution in [3.63, 3.8) is 0 Å². The second kappa shape index (κ2) is 5.94. The summed E-state index contributed by atoms with van der Waals surface area (Å²) in [7, 11) is 2.21. The van der Waals surface area contributed by atoms with Crippen LogP contribution in [0.3, 0.4) is 0 Å². The van der Waals surface area contributed by atoms with Crippen LogP contribution in [0.5, 0.6) is 0 Å². The summed E-state index contributed by atoms with van der Waals surface area (Å²) in [5.41, 5.74) is 7.66. The molecule has 2 heteroatoms. The number of benzene rings is 2. The minimum Gasteiger partial charge on any atom is -0.326 e. The molecule has 1 aliphatic carbocycles. The van der Waals surface area contributed by atoms with Crippen LogP contribution < -0.4 is 5.73 Å². The number of nitrogens with zero attached hydrogens (tertiary/aromatic N) is 1. The molecule has 2 aromatic carbocycles. The molecule has 2 nitrogen and oxygen atoms in total. The SMILES string of the molecule is CN(Cc1ccc2ccccc2c1)C1CCCCC1N. The maximum absolute atomic E-state index is 6.28. The average molecular weight is 268 g/mol. The zero-order chi connectivity index (χ0) is 13.9. The van der Waals surface area contributed by atoms with Crippen LogP contribution in [-0.2, 0) is 6.54 Å². The molecular formula is C18H24N2. The van der Waals surface area contributed by atoms with E-state index in [0.717, 1.165) is 6.54 Å². The van der Waals surface area contributed by atoms with Gasteiger partial charge < -0.3 is 5.73 Å². The summed E-state index contributed by atoms with van der Waals surface area (Å²) in [5.74, 6) is 0. The minimum absolute atomic E-state index is 0.342. The predicted molar refractivity (Wildman–Crippen MR) is 85.6 cm³/mol. The predicted octanol–water partition coefficient (Wildman–Crippen LogP) is 3.54. The van der Waals surface area contributed by atoms with E-state index in [2.05, 4.69) is 54.4 Å². The van der Waals surface area contributed by atoms with Crippen molar-refractivity contribution in [1.82, 2.24) is 4.90 Å². The van der Waals surface area contributed by atoms with Gasteiger partial charge in [-0.05, 0) is 42.3 Å². The first kappa shape index (κ1) is 13.6. The Hall–Kier alpha value is -1.38. The number of fused-ring (bicyclic) bond motifs is 1. The topological polar surface area (TPSA) is 29.3 Å². The minimum atomic E-state index is 0.342. The van der Waals surface area contributed by atoms with Gasteiger partial charge in [-0.25, -0.2) is 0 Å². The Kier molecular flexibility index (Phi) is 4.04. The fourth-order valence-electron chi connectivity index (χ4n) is 3.43. The lowest BCUT2D eigenvalue weighted by Crippen LogP contribution is -2.47. The van der Waals surface area contributed by atoms with Gasteiger partial charge in [0.15, 0.2) is 0 Å². The van der Waals surface area contributed by atoms with E-state index in [1.54, 1.807) is 0 Å². The fraction of sp³-hybridized carbons (Fsp3) is 0.444. The van der Waals surface area contributed by atoms with Crippen molar-refractivity contribution in [3.05, 3.63) is 48.0 Å². The van der Waals surface area contributed by atoms with E-state index in [-0.39, 0.29) is 0 Å². The summed E-state index contributed by atoms with van der Waals surface area (Å²) in [6, 6.07) is 16.2. The number of hydrogen-bond acceptors (Lipinski definition) is 2. The highest BCUT2D eigenvalue weighted by atomic mass is 15.1. The number of rotatable bonds is 3. The molecule has 0 saturated heterocycles. The van der Waals surface area contributed by atoms with Gasteiger partial charge in [-0.2, -0.15) is 0 Å². The molecule has 0 heterocycles. The summed E-state index contributed by atoms with van der Waals surface area (Å²) in [6.07, 6.45) is 5.03. The Bertz CT molecular complexity index is 578. The summed E-state index contributed by atoms with van der Waals surface area (Å²) in [6.45, 7) is 0.989. The Labute approximate surface area is 121 Å². The van der Waals surface area contributed by atoms with E-state index in [4.69, 9.17) is 5.73 Å². The lowest BCUT2D eigenvalue weighted by atomic mass is 9.90. The standard InChI is InChI=1S/C18H24N2/c1-20(18-9-5-4-8-17(18)19)13-14-10-11-15-6-2-3-7-16(15)12-14/h2-3,6-7,10-12,17-18H,4-5,8-9,13,19H2,1H3. The monoisotopic (exact) mass is 268 g/mol. The molecule has 20 heavy (non-hydrogen) atoms. The maximum atomic E-state index is 6.28. The molecule has 0 amide bonds. The van der Waals surface area contributed by atoms with Gasteiger partial charge in [0.2, 0.25) is 0 Å². The summed E-state index contributed by atoms with van der Waals surface area (Å²) < 4.78 is 0. The highest BCUT2D eigenvalue weighted by Gasteiger charge is 2.25. The molecule has 106 valence electrons. The van der Waals surface area contributed by atoms with Gasteiger partial charge in [0, 0.05) is 18.6 Å². The third-order valence-corrected chi connectivity index (χ3v) is 4.59. The van der Waals surface area contributed by atoms with E-state index in [0.29, 0.717) is 12.1 Å². The Morgan fingerprint density at radius 1 is 1.05 bits per heavy atom. The normalized spacial score (nSPS) is 23.4. The first-order valence-corrected chi connectivity index (χ1v) is 7.67. The van der Waals surface area contributed by atoms with E-state index < -0.39 is 0 Å². The van der Waals surface area contributed by atoms with E-state index >= 15 is 0 Å². The van der Waals surface area contributed by atoms with Gasteiger partial charge in [0.25, 0.3) is 0 Å². The fourth-order valence-corrected chi connectivity index (χ4v) is 3.43. The highest BCUT2D eigenvalue weighted by molar-refractivity contribution is 5.82. The molecule has 0 bridgehead atoms. The van der Waals surface area contributed by atoms with E-state index in [1.807, 2.05) is 0 Å². The van der Waals surface area contributed by atoms with Gasteiger partial charge in [0.1, 0.15) is 0 Å². The van der Waals surface area contributed by atoms with Crippen LogP contribution in [-0.4, -0.2) is 24.0 Å². The van der Waals surface area contributed by atoms with Crippen LogP contribution in [0, 0.1) is 0 Å². The lowest BCUT2D eigenvalue weighted by Gasteiger charge is -2.36. The van der Waals surface area contributed by atoms with Gasteiger partial charge in [-0.15, -0.1) is 0 Å². The van der Waals surface area contributed by atoms with Crippen LogP contribution in [0.15, 0.2) is 42.5 Å². The molecule has 0 radical (unpaired) electrons. The molecule has 2 unspecified atom stereocenters. The summed E-state index contributed by atoms with van der Waals surface area (Å²) in [5, 5.41) is 2.64. The molecule has 1 saturated carbocycles.